The SMILES string of the molecule is CC(=O)N1CSC[C@H]1C(=O)N1CC[C@@](C)(C(=O)O)C1. The van der Waals surface area contributed by atoms with E-state index in [-0.39, 0.29) is 18.4 Å². The van der Waals surface area contributed by atoms with Crippen LogP contribution in [0.15, 0.2) is 0 Å². The molecule has 2 aliphatic heterocycles. The van der Waals surface area contributed by atoms with Crippen LogP contribution in [-0.2, 0) is 14.4 Å². The first-order valence-corrected chi connectivity index (χ1v) is 7.38. The topological polar surface area (TPSA) is 77.9 Å². The van der Waals surface area contributed by atoms with Gasteiger partial charge in [-0.3, -0.25) is 14.4 Å². The lowest BCUT2D eigenvalue weighted by Crippen LogP contribution is -2.48. The van der Waals surface area contributed by atoms with E-state index in [4.69, 9.17) is 0 Å². The Hall–Kier alpha value is -1.24. The molecule has 0 radical (unpaired) electrons. The monoisotopic (exact) mass is 286 g/mol. The molecule has 0 spiro atoms. The van der Waals surface area contributed by atoms with E-state index < -0.39 is 17.4 Å². The van der Waals surface area contributed by atoms with Crippen molar-refractivity contribution >= 4 is 29.5 Å². The molecule has 0 bridgehead atoms. The minimum Gasteiger partial charge on any atom is -0.481 e. The van der Waals surface area contributed by atoms with Crippen LogP contribution in [0.5, 0.6) is 0 Å². The zero-order valence-electron chi connectivity index (χ0n) is 11.1. The van der Waals surface area contributed by atoms with Crippen LogP contribution >= 0.6 is 11.8 Å². The molecular weight excluding hydrogens is 268 g/mol. The molecule has 1 N–H and O–H groups in total. The number of aliphatic carboxylic acids is 1. The van der Waals surface area contributed by atoms with E-state index >= 15 is 0 Å². The van der Waals surface area contributed by atoms with Crippen LogP contribution in [0.2, 0.25) is 0 Å². The van der Waals surface area contributed by atoms with E-state index in [1.54, 1.807) is 28.5 Å². The smallest absolute Gasteiger partial charge is 0.311 e. The summed E-state index contributed by atoms with van der Waals surface area (Å²) in [6, 6.07) is -0.432. The quantitative estimate of drug-likeness (QED) is 0.786. The lowest BCUT2D eigenvalue weighted by Gasteiger charge is -2.27. The van der Waals surface area contributed by atoms with Crippen molar-refractivity contribution in [1.82, 2.24) is 9.80 Å². The minimum atomic E-state index is -0.868. The van der Waals surface area contributed by atoms with Gasteiger partial charge in [0.1, 0.15) is 6.04 Å². The van der Waals surface area contributed by atoms with E-state index in [2.05, 4.69) is 0 Å². The van der Waals surface area contributed by atoms with Crippen LogP contribution in [0.1, 0.15) is 20.3 Å². The zero-order valence-corrected chi connectivity index (χ0v) is 11.9. The molecule has 0 aromatic rings. The lowest BCUT2D eigenvalue weighted by atomic mass is 9.90. The Labute approximate surface area is 116 Å². The summed E-state index contributed by atoms with van der Waals surface area (Å²) in [4.78, 5) is 38.2. The van der Waals surface area contributed by atoms with Crippen molar-refractivity contribution in [2.24, 2.45) is 5.41 Å². The molecule has 2 saturated heterocycles. The van der Waals surface area contributed by atoms with Gasteiger partial charge in [0.15, 0.2) is 0 Å². The molecule has 2 amide bonds. The number of hydrogen-bond acceptors (Lipinski definition) is 4. The van der Waals surface area contributed by atoms with Gasteiger partial charge in [-0.2, -0.15) is 0 Å². The highest BCUT2D eigenvalue weighted by atomic mass is 32.2. The van der Waals surface area contributed by atoms with Crippen molar-refractivity contribution in [3.05, 3.63) is 0 Å². The molecule has 19 heavy (non-hydrogen) atoms. The highest BCUT2D eigenvalue weighted by Crippen LogP contribution is 2.32. The first-order valence-electron chi connectivity index (χ1n) is 6.22. The van der Waals surface area contributed by atoms with Crippen LogP contribution < -0.4 is 0 Å². The molecule has 0 aliphatic carbocycles. The van der Waals surface area contributed by atoms with E-state index in [9.17, 15) is 19.5 Å². The van der Waals surface area contributed by atoms with Crippen molar-refractivity contribution in [3.63, 3.8) is 0 Å². The van der Waals surface area contributed by atoms with Gasteiger partial charge in [0, 0.05) is 25.8 Å². The summed E-state index contributed by atoms with van der Waals surface area (Å²) in [7, 11) is 0. The third-order valence-electron chi connectivity index (χ3n) is 3.87. The molecule has 0 aromatic heterocycles. The van der Waals surface area contributed by atoms with Crippen LogP contribution in [-0.4, -0.2) is 63.5 Å². The van der Waals surface area contributed by atoms with Crippen LogP contribution in [0.25, 0.3) is 0 Å². The molecule has 7 heteroatoms. The Morgan fingerprint density at radius 2 is 2.05 bits per heavy atom. The second kappa shape index (κ2) is 5.03. The van der Waals surface area contributed by atoms with Crippen molar-refractivity contribution in [1.29, 1.82) is 0 Å². The molecule has 2 atom stereocenters. The number of likely N-dealkylation sites (tertiary alicyclic amines) is 1. The number of nitrogens with zero attached hydrogens (tertiary/aromatic N) is 2. The third-order valence-corrected chi connectivity index (χ3v) is 4.89. The number of carbonyl (C=O) groups is 3. The molecule has 2 heterocycles. The van der Waals surface area contributed by atoms with Crippen molar-refractivity contribution < 1.29 is 19.5 Å². The highest BCUT2D eigenvalue weighted by Gasteiger charge is 2.45. The largest absolute Gasteiger partial charge is 0.481 e. The van der Waals surface area contributed by atoms with Gasteiger partial charge in [0.25, 0.3) is 0 Å². The Morgan fingerprint density at radius 1 is 1.37 bits per heavy atom. The number of hydrogen-bond donors (Lipinski definition) is 1. The minimum absolute atomic E-state index is 0.108. The van der Waals surface area contributed by atoms with Gasteiger partial charge >= 0.3 is 5.97 Å². The summed E-state index contributed by atoms with van der Waals surface area (Å²) in [5.41, 5.74) is -0.859. The van der Waals surface area contributed by atoms with E-state index in [1.807, 2.05) is 0 Å². The number of carbonyl (C=O) groups excluding carboxylic acids is 2. The lowest BCUT2D eigenvalue weighted by molar-refractivity contribution is -0.148. The molecule has 0 unspecified atom stereocenters. The van der Waals surface area contributed by atoms with Gasteiger partial charge in [0.2, 0.25) is 11.8 Å². The second-order valence-electron chi connectivity index (χ2n) is 5.38. The maximum atomic E-state index is 12.4. The predicted octanol–water partition coefficient (Wildman–Crippen LogP) is 0.231. The maximum Gasteiger partial charge on any atom is 0.311 e. The number of carboxylic acids is 1. The van der Waals surface area contributed by atoms with Crippen molar-refractivity contribution in [3.8, 4) is 0 Å². The molecule has 106 valence electrons. The fourth-order valence-electron chi connectivity index (χ4n) is 2.49. The van der Waals surface area contributed by atoms with Crippen molar-refractivity contribution in [2.45, 2.75) is 26.3 Å². The summed E-state index contributed by atoms with van der Waals surface area (Å²) in [6.07, 6.45) is 0.466. The normalized spacial score (nSPS) is 30.7. The van der Waals surface area contributed by atoms with E-state index in [0.717, 1.165) is 0 Å². The first-order chi connectivity index (χ1) is 8.85. The molecule has 0 saturated carbocycles. The highest BCUT2D eigenvalue weighted by molar-refractivity contribution is 7.99. The summed E-state index contributed by atoms with van der Waals surface area (Å²) < 4.78 is 0. The Balaban J connectivity index is 2.06. The summed E-state index contributed by atoms with van der Waals surface area (Å²) in [6.45, 7) is 3.80. The van der Waals surface area contributed by atoms with E-state index in [1.165, 1.54) is 6.92 Å². The standard InChI is InChI=1S/C12H18N2O4S/c1-8(15)14-7-19-5-9(14)10(16)13-4-3-12(2,6-13)11(17)18/h9H,3-7H2,1-2H3,(H,17,18)/t9-,12+/m0/s1. The third kappa shape index (κ3) is 2.56. The fraction of sp³-hybridized carbons (Fsp3) is 0.750. The summed E-state index contributed by atoms with van der Waals surface area (Å²) >= 11 is 1.55. The van der Waals surface area contributed by atoms with Gasteiger partial charge in [-0.15, -0.1) is 11.8 Å². The molecule has 0 aromatic carbocycles. The van der Waals surface area contributed by atoms with Crippen molar-refractivity contribution in [2.75, 3.05) is 24.7 Å². The number of thioether (sulfide) groups is 1. The van der Waals surface area contributed by atoms with E-state index in [0.29, 0.717) is 24.6 Å². The predicted molar refractivity (Wildman–Crippen MR) is 70.6 cm³/mol. The van der Waals surface area contributed by atoms with Gasteiger partial charge in [0.05, 0.1) is 11.3 Å². The average Bonchev–Trinajstić information content (AvgIpc) is 2.95. The number of rotatable bonds is 2. The maximum absolute atomic E-state index is 12.4. The fourth-order valence-corrected chi connectivity index (χ4v) is 3.70. The Kier molecular flexibility index (Phi) is 3.75. The number of carboxylic acid groups (broad SMARTS) is 1. The first kappa shape index (κ1) is 14.2. The van der Waals surface area contributed by atoms with Gasteiger partial charge in [-0.1, -0.05) is 0 Å². The van der Waals surface area contributed by atoms with Gasteiger partial charge < -0.3 is 14.9 Å². The zero-order chi connectivity index (χ0) is 14.2. The Morgan fingerprint density at radius 3 is 2.58 bits per heavy atom. The summed E-state index contributed by atoms with van der Waals surface area (Å²) in [5, 5.41) is 9.17. The van der Waals surface area contributed by atoms with Crippen LogP contribution in [0, 0.1) is 5.41 Å². The molecule has 2 aliphatic rings. The van der Waals surface area contributed by atoms with Crippen LogP contribution in [0.4, 0.5) is 0 Å². The average molecular weight is 286 g/mol. The second-order valence-corrected chi connectivity index (χ2v) is 6.38. The molecule has 2 fully saturated rings. The van der Waals surface area contributed by atoms with Crippen LogP contribution in [0.3, 0.4) is 0 Å². The molecule has 2 rings (SSSR count). The molecular formula is C12H18N2O4S. The number of amides is 2. The van der Waals surface area contributed by atoms with Gasteiger partial charge in [-0.05, 0) is 13.3 Å². The van der Waals surface area contributed by atoms with Gasteiger partial charge in [-0.25, -0.2) is 0 Å². The summed E-state index contributed by atoms with van der Waals surface area (Å²) in [5.74, 6) is 0.0369. The Bertz CT molecular complexity index is 428. The molecule has 6 nitrogen and oxygen atoms in total.